The van der Waals surface area contributed by atoms with Crippen molar-refractivity contribution in [3.8, 4) is 0 Å². The lowest BCUT2D eigenvalue weighted by Gasteiger charge is -2.12. The van der Waals surface area contributed by atoms with Crippen molar-refractivity contribution in [2.45, 2.75) is 30.5 Å². The Hall–Kier alpha value is 0.0600. The molecule has 0 amide bonds. The minimum Gasteiger partial charge on any atom is -0.326 e. The van der Waals surface area contributed by atoms with Gasteiger partial charge in [0.05, 0.1) is 16.9 Å². The highest BCUT2D eigenvalue weighted by molar-refractivity contribution is 14.1. The van der Waals surface area contributed by atoms with Gasteiger partial charge in [-0.1, -0.05) is 0 Å². The number of fused-ring (bicyclic) bond motifs is 1. The van der Waals surface area contributed by atoms with Crippen LogP contribution in [0.5, 0.6) is 0 Å². The molecule has 1 atom stereocenters. The van der Waals surface area contributed by atoms with E-state index in [1.165, 1.54) is 27.7 Å². The van der Waals surface area contributed by atoms with Crippen molar-refractivity contribution in [2.24, 2.45) is 0 Å². The number of thioether (sulfide) groups is 1. The summed E-state index contributed by atoms with van der Waals surface area (Å²) in [5.41, 5.74) is 2.29. The molecule has 1 unspecified atom stereocenters. The number of halogens is 2. The van der Waals surface area contributed by atoms with Gasteiger partial charge in [0.1, 0.15) is 5.82 Å². The molecule has 0 N–H and O–H groups in total. The lowest BCUT2D eigenvalue weighted by atomic mass is 10.2. The van der Waals surface area contributed by atoms with Gasteiger partial charge in [0.2, 0.25) is 0 Å². The van der Waals surface area contributed by atoms with E-state index in [1.54, 1.807) is 0 Å². The largest absolute Gasteiger partial charge is 0.326 e. The summed E-state index contributed by atoms with van der Waals surface area (Å²) in [6.07, 6.45) is 2.66. The molecule has 0 bridgehead atoms. The summed E-state index contributed by atoms with van der Waals surface area (Å²) in [6, 6.07) is 6.44. The summed E-state index contributed by atoms with van der Waals surface area (Å²) in [5, 5.41) is 0.726. The average Bonchev–Trinajstić information content (AvgIpc) is 2.97. The van der Waals surface area contributed by atoms with Crippen molar-refractivity contribution in [1.29, 1.82) is 0 Å². The van der Waals surface area contributed by atoms with Crippen LogP contribution < -0.4 is 0 Å². The second-order valence-electron chi connectivity index (χ2n) is 4.54. The van der Waals surface area contributed by atoms with Crippen LogP contribution in [0.4, 0.5) is 0 Å². The predicted octanol–water partition coefficient (Wildman–Crippen LogP) is 4.28. The summed E-state index contributed by atoms with van der Waals surface area (Å²) in [7, 11) is 0. The van der Waals surface area contributed by atoms with Crippen LogP contribution >= 0.6 is 46.0 Å². The maximum atomic E-state index is 6.04. The molecule has 2 heterocycles. The predicted molar refractivity (Wildman–Crippen MR) is 87.5 cm³/mol. The number of alkyl halides is 1. The van der Waals surface area contributed by atoms with Gasteiger partial charge in [0, 0.05) is 15.4 Å². The van der Waals surface area contributed by atoms with Crippen molar-refractivity contribution in [1.82, 2.24) is 9.55 Å². The van der Waals surface area contributed by atoms with Crippen molar-refractivity contribution >= 4 is 57.0 Å². The highest BCUT2D eigenvalue weighted by atomic mass is 127. The number of benzene rings is 1. The first kappa shape index (κ1) is 13.1. The zero-order chi connectivity index (χ0) is 12.5. The van der Waals surface area contributed by atoms with Crippen molar-refractivity contribution in [3.05, 3.63) is 27.6 Å². The summed E-state index contributed by atoms with van der Waals surface area (Å²) >= 11 is 10.4. The van der Waals surface area contributed by atoms with Crippen LogP contribution in [0.1, 0.15) is 18.7 Å². The fourth-order valence-electron chi connectivity index (χ4n) is 2.45. The lowest BCUT2D eigenvalue weighted by molar-refractivity contribution is 0.634. The van der Waals surface area contributed by atoms with E-state index in [-0.39, 0.29) is 0 Å². The first-order chi connectivity index (χ1) is 8.78. The molecule has 0 spiro atoms. The summed E-state index contributed by atoms with van der Waals surface area (Å²) in [5.74, 6) is 2.79. The molecule has 0 radical (unpaired) electrons. The van der Waals surface area contributed by atoms with Crippen LogP contribution in [-0.4, -0.2) is 20.6 Å². The topological polar surface area (TPSA) is 17.8 Å². The Morgan fingerprint density at radius 3 is 3.11 bits per heavy atom. The zero-order valence-corrected chi connectivity index (χ0v) is 13.6. The Morgan fingerprint density at radius 1 is 1.50 bits per heavy atom. The molecule has 18 heavy (non-hydrogen) atoms. The number of hydrogen-bond acceptors (Lipinski definition) is 2. The number of imidazole rings is 1. The maximum Gasteiger partial charge on any atom is 0.124 e. The van der Waals surface area contributed by atoms with Crippen molar-refractivity contribution in [2.75, 3.05) is 5.75 Å². The van der Waals surface area contributed by atoms with E-state index in [0.717, 1.165) is 23.1 Å². The third-order valence-corrected chi connectivity index (χ3v) is 5.61. The van der Waals surface area contributed by atoms with E-state index in [4.69, 9.17) is 11.6 Å². The van der Waals surface area contributed by atoms with Crippen LogP contribution in [0.2, 0.25) is 0 Å². The Labute approximate surface area is 130 Å². The number of hydrogen-bond donors (Lipinski definition) is 0. The van der Waals surface area contributed by atoms with Gasteiger partial charge in [-0.2, -0.15) is 11.8 Å². The molecule has 1 aromatic heterocycles. The minimum atomic E-state index is 0.489. The van der Waals surface area contributed by atoms with Gasteiger partial charge >= 0.3 is 0 Å². The van der Waals surface area contributed by atoms with E-state index >= 15 is 0 Å². The van der Waals surface area contributed by atoms with Crippen LogP contribution in [0.15, 0.2) is 18.2 Å². The number of rotatable bonds is 3. The van der Waals surface area contributed by atoms with Gasteiger partial charge in [-0.05, 0) is 59.4 Å². The van der Waals surface area contributed by atoms with Crippen LogP contribution in [0.25, 0.3) is 11.0 Å². The molecule has 0 saturated carbocycles. The lowest BCUT2D eigenvalue weighted by Crippen LogP contribution is -2.12. The molecule has 2 nitrogen and oxygen atoms in total. The molecule has 1 aliphatic heterocycles. The highest BCUT2D eigenvalue weighted by Crippen LogP contribution is 2.29. The molecule has 1 aliphatic rings. The monoisotopic (exact) mass is 392 g/mol. The van der Waals surface area contributed by atoms with Crippen LogP contribution in [-0.2, 0) is 12.4 Å². The van der Waals surface area contributed by atoms with E-state index in [2.05, 4.69) is 62.1 Å². The Bertz CT molecular complexity index is 563. The van der Waals surface area contributed by atoms with Crippen molar-refractivity contribution in [3.63, 3.8) is 0 Å². The van der Waals surface area contributed by atoms with Crippen LogP contribution in [0.3, 0.4) is 0 Å². The zero-order valence-electron chi connectivity index (χ0n) is 9.90. The normalized spacial score (nSPS) is 19.8. The molecule has 1 aromatic carbocycles. The standard InChI is InChI=1S/C13H14ClIN2S/c14-7-13-16-11-6-9(15)3-4-12(11)17(13)8-10-2-1-5-18-10/h3-4,6,10H,1-2,5,7-8H2. The molecular formula is C13H14ClIN2S. The fraction of sp³-hybridized carbons (Fsp3) is 0.462. The van der Waals surface area contributed by atoms with Gasteiger partial charge in [-0.25, -0.2) is 4.98 Å². The van der Waals surface area contributed by atoms with Gasteiger partial charge < -0.3 is 4.57 Å². The van der Waals surface area contributed by atoms with E-state index in [9.17, 15) is 0 Å². The summed E-state index contributed by atoms with van der Waals surface area (Å²) in [4.78, 5) is 4.65. The fourth-order valence-corrected chi connectivity index (χ4v) is 4.38. The van der Waals surface area contributed by atoms with Crippen LogP contribution in [0, 0.1) is 3.57 Å². The van der Waals surface area contributed by atoms with Gasteiger partial charge in [0.15, 0.2) is 0 Å². The molecular weight excluding hydrogens is 379 g/mol. The van der Waals surface area contributed by atoms with Gasteiger partial charge in [-0.15, -0.1) is 11.6 Å². The summed E-state index contributed by atoms with van der Waals surface area (Å²) in [6.45, 7) is 1.05. The minimum absolute atomic E-state index is 0.489. The van der Waals surface area contributed by atoms with Crippen molar-refractivity contribution < 1.29 is 0 Å². The summed E-state index contributed by atoms with van der Waals surface area (Å²) < 4.78 is 3.53. The second-order valence-corrected chi connectivity index (χ2v) is 7.46. The van der Waals surface area contributed by atoms with Gasteiger partial charge in [0.25, 0.3) is 0 Å². The van der Waals surface area contributed by atoms with E-state index in [0.29, 0.717) is 5.88 Å². The number of nitrogens with zero attached hydrogens (tertiary/aromatic N) is 2. The number of aromatic nitrogens is 2. The molecule has 1 fully saturated rings. The quantitative estimate of drug-likeness (QED) is 0.573. The molecule has 3 rings (SSSR count). The Morgan fingerprint density at radius 2 is 2.39 bits per heavy atom. The smallest absolute Gasteiger partial charge is 0.124 e. The molecule has 2 aromatic rings. The third kappa shape index (κ3) is 2.51. The molecule has 96 valence electrons. The first-order valence-electron chi connectivity index (χ1n) is 6.10. The van der Waals surface area contributed by atoms with Gasteiger partial charge in [-0.3, -0.25) is 0 Å². The Balaban J connectivity index is 2.01. The molecule has 1 saturated heterocycles. The molecule has 5 heteroatoms. The van der Waals surface area contributed by atoms with E-state index in [1.807, 2.05) is 0 Å². The first-order valence-corrected chi connectivity index (χ1v) is 8.76. The highest BCUT2D eigenvalue weighted by Gasteiger charge is 2.19. The van der Waals surface area contributed by atoms with E-state index < -0.39 is 0 Å². The average molecular weight is 393 g/mol. The Kier molecular flexibility index (Phi) is 4.06. The third-order valence-electron chi connectivity index (χ3n) is 3.32. The SMILES string of the molecule is ClCc1nc2cc(I)ccc2n1CC1CCCS1. The molecule has 0 aliphatic carbocycles. The maximum absolute atomic E-state index is 6.04. The second kappa shape index (κ2) is 5.59.